The van der Waals surface area contributed by atoms with E-state index >= 15 is 8.78 Å². The number of pyridine rings is 1. The van der Waals surface area contributed by atoms with E-state index in [0.717, 1.165) is 42.4 Å². The fraction of sp³-hybridized carbons (Fsp3) is 0.456. The predicted octanol–water partition coefficient (Wildman–Crippen LogP) is 7.74. The Labute approximate surface area is 427 Å². The van der Waals surface area contributed by atoms with Crippen LogP contribution >= 0.6 is 0 Å². The molecule has 382 valence electrons. The minimum atomic E-state index is -0.791. The number of piperidine rings is 1. The van der Waals surface area contributed by atoms with Gasteiger partial charge in [-0.2, -0.15) is 9.97 Å². The molecule has 12 rings (SSSR count). The maximum atomic E-state index is 17.3. The van der Waals surface area contributed by atoms with Gasteiger partial charge in [-0.15, -0.1) is 6.42 Å². The summed E-state index contributed by atoms with van der Waals surface area (Å²) in [4.78, 5) is 75.0. The first kappa shape index (κ1) is 47.9. The summed E-state index contributed by atoms with van der Waals surface area (Å²) >= 11 is 0. The minimum Gasteiger partial charge on any atom is -0.508 e. The summed E-state index contributed by atoms with van der Waals surface area (Å²) in [6, 6.07) is 11.0. The number of aromatic nitrogens is 3. The van der Waals surface area contributed by atoms with Gasteiger partial charge in [-0.3, -0.25) is 24.3 Å². The number of likely N-dealkylation sites (tertiary alicyclic amines) is 1. The maximum absolute atomic E-state index is 17.3. The van der Waals surface area contributed by atoms with Crippen LogP contribution in [0.4, 0.5) is 19.4 Å². The molecule has 0 radical (unpaired) electrons. The lowest BCUT2D eigenvalue weighted by atomic mass is 9.85. The lowest BCUT2D eigenvalue weighted by molar-refractivity contribution is -0.126. The van der Waals surface area contributed by atoms with E-state index in [-0.39, 0.29) is 100 Å². The van der Waals surface area contributed by atoms with Gasteiger partial charge in [0.2, 0.25) is 0 Å². The second-order valence-corrected chi connectivity index (χ2v) is 21.5. The van der Waals surface area contributed by atoms with Gasteiger partial charge in [-0.25, -0.2) is 13.6 Å². The molecule has 2 aromatic heterocycles. The number of fused-ring (bicyclic) bond motifs is 6. The average molecular weight is 1010 g/mol. The number of nitrogens with one attached hydrogen (secondary N) is 1. The highest BCUT2D eigenvalue weighted by Gasteiger charge is 2.52. The standard InChI is InChI=1S/C57H58F2N8O7/c1-3-40-46(58)14-10-34-22-39(69)23-43(49(34)40)51-50(59)52-44(25-60-51)53(65-27-35-11-12-36(28-65)61-35)63-55(62-52)74-31-57-19-16-37(67(57)26-32(2)24-57)30-73-56(72)64-20-17-33(18-21-64)41-7-5-8-42-45(41)29-66(54(42)71)47-15-13-38(68)6-4-9-48(47)70/h1,5,7-8,10,14,22-23,25,33,35-37,47,61,69H,2,4,6,9,11-13,15-21,24,26-31H2. The summed E-state index contributed by atoms with van der Waals surface area (Å²) < 4.78 is 45.1. The first-order valence-corrected chi connectivity index (χ1v) is 26.1. The highest BCUT2D eigenvalue weighted by Crippen LogP contribution is 2.46. The summed E-state index contributed by atoms with van der Waals surface area (Å²) in [7, 11) is 0. The fourth-order valence-electron chi connectivity index (χ4n) is 13.4. The molecule has 6 aliphatic heterocycles. The molecule has 1 aliphatic carbocycles. The minimum absolute atomic E-state index is 0.0112. The number of aromatic hydroxyl groups is 1. The van der Waals surface area contributed by atoms with Crippen LogP contribution in [0.15, 0.2) is 60.8 Å². The van der Waals surface area contributed by atoms with Crippen molar-refractivity contribution in [3.05, 3.63) is 94.7 Å². The number of nitrogens with zero attached hydrogens (tertiary/aromatic N) is 7. The van der Waals surface area contributed by atoms with Crippen molar-refractivity contribution in [2.75, 3.05) is 50.8 Å². The zero-order valence-electron chi connectivity index (χ0n) is 41.2. The smallest absolute Gasteiger partial charge is 0.409 e. The molecule has 17 heteroatoms. The summed E-state index contributed by atoms with van der Waals surface area (Å²) in [6.07, 6.45) is 14.4. The number of amides is 2. The fourth-order valence-corrected chi connectivity index (χ4v) is 13.4. The van der Waals surface area contributed by atoms with Crippen LogP contribution in [0.25, 0.3) is 32.9 Å². The van der Waals surface area contributed by atoms with E-state index in [4.69, 9.17) is 25.9 Å². The van der Waals surface area contributed by atoms with Crippen molar-refractivity contribution in [2.24, 2.45) is 0 Å². The molecule has 2 bridgehead atoms. The molecule has 5 atom stereocenters. The lowest BCUT2D eigenvalue weighted by Crippen LogP contribution is -2.51. The van der Waals surface area contributed by atoms with E-state index in [0.29, 0.717) is 113 Å². The molecule has 15 nitrogen and oxygen atoms in total. The van der Waals surface area contributed by atoms with Crippen LogP contribution in [0.3, 0.4) is 0 Å². The number of terminal acetylenes is 1. The first-order chi connectivity index (χ1) is 35.8. The number of anilines is 1. The maximum Gasteiger partial charge on any atom is 0.409 e. The van der Waals surface area contributed by atoms with Crippen LogP contribution in [0.2, 0.25) is 0 Å². The molecule has 5 saturated heterocycles. The molecular weight excluding hydrogens is 947 g/mol. The second kappa shape index (κ2) is 19.0. The number of hydrogen-bond donors (Lipinski definition) is 2. The van der Waals surface area contributed by atoms with Gasteiger partial charge in [0.15, 0.2) is 11.6 Å². The van der Waals surface area contributed by atoms with Gasteiger partial charge >= 0.3 is 12.1 Å². The molecule has 8 heterocycles. The van der Waals surface area contributed by atoms with Crippen molar-refractivity contribution in [3.63, 3.8) is 0 Å². The molecule has 2 amide bonds. The average Bonchev–Trinajstić information content (AvgIpc) is 4.13. The van der Waals surface area contributed by atoms with Crippen molar-refractivity contribution in [3.8, 4) is 35.4 Å². The van der Waals surface area contributed by atoms with Gasteiger partial charge in [0.05, 0.1) is 22.5 Å². The number of phenolic OH excluding ortho intramolecular Hbond substituents is 1. The van der Waals surface area contributed by atoms with Crippen LogP contribution in [0.1, 0.15) is 110 Å². The van der Waals surface area contributed by atoms with Gasteiger partial charge in [0.1, 0.15) is 47.6 Å². The van der Waals surface area contributed by atoms with E-state index < -0.39 is 23.2 Å². The Hall–Kier alpha value is -7.03. The number of rotatable bonds is 9. The quantitative estimate of drug-likeness (QED) is 0.109. The topological polar surface area (TPSA) is 171 Å². The Bertz CT molecular complexity index is 3210. The lowest BCUT2D eigenvalue weighted by Gasteiger charge is -2.35. The second-order valence-electron chi connectivity index (χ2n) is 21.5. The molecule has 74 heavy (non-hydrogen) atoms. The van der Waals surface area contributed by atoms with E-state index in [9.17, 15) is 24.3 Å². The SMILES string of the molecule is C#Cc1c(F)ccc2cc(O)cc(-c3ncc4c(N5CC6CCC(C5)N6)nc(OCC56CCC(COC(=O)N7CCC(c8cccc9c8CN(C8CCC(=O)CCCC8=O)C9=O)CC7)N5CC(=C)C6)nc4c3F)c12. The highest BCUT2D eigenvalue weighted by atomic mass is 19.1. The highest BCUT2D eigenvalue weighted by molar-refractivity contribution is 6.04. The van der Waals surface area contributed by atoms with Crippen molar-refractivity contribution >= 4 is 51.1 Å². The number of halogens is 2. The van der Waals surface area contributed by atoms with Crippen LogP contribution < -0.4 is 15.0 Å². The molecule has 3 aromatic carbocycles. The number of benzene rings is 3. The zero-order valence-corrected chi connectivity index (χ0v) is 41.2. The van der Waals surface area contributed by atoms with Crippen molar-refractivity contribution < 1.29 is 42.5 Å². The van der Waals surface area contributed by atoms with Crippen molar-refractivity contribution in [1.82, 2.24) is 35.0 Å². The van der Waals surface area contributed by atoms with Crippen molar-refractivity contribution in [2.45, 2.75) is 119 Å². The normalized spacial score (nSPS) is 25.4. The molecular formula is C57H58F2N8O7. The molecule has 6 fully saturated rings. The third-order valence-electron chi connectivity index (χ3n) is 17.0. The monoisotopic (exact) mass is 1000 g/mol. The van der Waals surface area contributed by atoms with Gasteiger partial charge in [0, 0.05) is 99.4 Å². The Kier molecular flexibility index (Phi) is 12.3. The first-order valence-electron chi connectivity index (χ1n) is 26.1. The van der Waals surface area contributed by atoms with E-state index in [1.165, 1.54) is 30.5 Å². The summed E-state index contributed by atoms with van der Waals surface area (Å²) in [5.74, 6) is 1.41. The molecule has 5 aromatic rings. The number of ether oxygens (including phenoxy) is 2. The van der Waals surface area contributed by atoms with Gasteiger partial charge < -0.3 is 34.6 Å². The van der Waals surface area contributed by atoms with Crippen LogP contribution in [-0.4, -0.2) is 134 Å². The predicted molar refractivity (Wildman–Crippen MR) is 272 cm³/mol. The third kappa shape index (κ3) is 8.49. The molecule has 2 N–H and O–H groups in total. The third-order valence-corrected chi connectivity index (χ3v) is 17.0. The zero-order chi connectivity index (χ0) is 51.0. The van der Waals surface area contributed by atoms with Crippen molar-refractivity contribution in [1.29, 1.82) is 0 Å². The molecule has 1 saturated carbocycles. The van der Waals surface area contributed by atoms with Crippen LogP contribution in [0.5, 0.6) is 11.8 Å². The molecule has 0 spiro atoms. The number of piperazine rings is 1. The Morgan fingerprint density at radius 3 is 2.57 bits per heavy atom. The number of carbonyl (C=O) groups is 4. The number of phenols is 1. The van der Waals surface area contributed by atoms with Gasteiger partial charge in [0.25, 0.3) is 5.91 Å². The summed E-state index contributed by atoms with van der Waals surface area (Å²) in [6.45, 7) is 7.93. The Balaban J connectivity index is 0.737. The summed E-state index contributed by atoms with van der Waals surface area (Å²) in [5, 5.41) is 15.4. The number of hydrogen-bond acceptors (Lipinski definition) is 13. The number of ketones is 2. The van der Waals surface area contributed by atoms with Gasteiger partial charge in [-0.05, 0) is 104 Å². The van der Waals surface area contributed by atoms with Crippen LogP contribution in [0, 0.1) is 24.0 Å². The van der Waals surface area contributed by atoms with E-state index in [1.54, 1.807) is 9.80 Å². The van der Waals surface area contributed by atoms with E-state index in [1.807, 2.05) is 12.1 Å². The largest absolute Gasteiger partial charge is 0.508 e. The van der Waals surface area contributed by atoms with Crippen LogP contribution in [-0.2, 0) is 20.9 Å². The number of carbonyl (C=O) groups excluding carboxylic acids is 4. The molecule has 5 unspecified atom stereocenters. The Morgan fingerprint density at radius 2 is 1.77 bits per heavy atom. The Morgan fingerprint density at radius 1 is 0.959 bits per heavy atom. The number of Topliss-reactive ketones (excluding diaryl/α,β-unsaturated/α-hetero) is 2. The summed E-state index contributed by atoms with van der Waals surface area (Å²) in [5.41, 5.74) is 3.02. The molecule has 7 aliphatic rings. The van der Waals surface area contributed by atoms with Gasteiger partial charge in [-0.1, -0.05) is 36.3 Å². The van der Waals surface area contributed by atoms with E-state index in [2.05, 4.69) is 38.7 Å².